The molecule has 0 saturated carbocycles. The van der Waals surface area contributed by atoms with Gasteiger partial charge < -0.3 is 24.1 Å². The van der Waals surface area contributed by atoms with Crippen molar-refractivity contribution in [2.45, 2.75) is 24.5 Å². The van der Waals surface area contributed by atoms with E-state index in [4.69, 9.17) is 13.9 Å². The topological polar surface area (TPSA) is 98.1 Å². The van der Waals surface area contributed by atoms with Crippen molar-refractivity contribution in [1.29, 1.82) is 0 Å². The molecule has 8 nitrogen and oxygen atoms in total. The van der Waals surface area contributed by atoms with Gasteiger partial charge in [0.05, 0.1) is 24.0 Å². The number of nitrogens with zero attached hydrogens (tertiary/aromatic N) is 1. The number of benzene rings is 2. The van der Waals surface area contributed by atoms with Gasteiger partial charge in [-0.3, -0.25) is 4.79 Å². The van der Waals surface area contributed by atoms with E-state index in [0.717, 1.165) is 19.6 Å². The molecule has 0 aliphatic heterocycles. The fraction of sp³-hybridized carbons (Fsp3) is 0.320. The fourth-order valence-electron chi connectivity index (χ4n) is 3.44. The highest BCUT2D eigenvalue weighted by molar-refractivity contribution is 7.90. The lowest BCUT2D eigenvalue weighted by Gasteiger charge is -2.19. The third-order valence-electron chi connectivity index (χ3n) is 5.38. The predicted octanol–water partition coefficient (Wildman–Crippen LogP) is 4.24. The number of hydrogen-bond acceptors (Lipinski definition) is 7. The molecular formula is C25H30N2O6S. The summed E-state index contributed by atoms with van der Waals surface area (Å²) >= 11 is 0. The van der Waals surface area contributed by atoms with Gasteiger partial charge >= 0.3 is 0 Å². The summed E-state index contributed by atoms with van der Waals surface area (Å²) < 4.78 is 42.1. The fourth-order valence-corrected chi connectivity index (χ4v) is 4.82. The highest BCUT2D eigenvalue weighted by Crippen LogP contribution is 2.31. The van der Waals surface area contributed by atoms with Crippen LogP contribution >= 0.6 is 0 Å². The number of nitrogens with one attached hydrogen (secondary N) is 1. The maximum atomic E-state index is 12.9. The lowest BCUT2D eigenvalue weighted by Crippen LogP contribution is -2.28. The van der Waals surface area contributed by atoms with Crippen molar-refractivity contribution in [2.75, 3.05) is 38.7 Å². The van der Waals surface area contributed by atoms with E-state index in [-0.39, 0.29) is 22.0 Å². The second-order valence-electron chi connectivity index (χ2n) is 7.54. The minimum Gasteiger partial charge on any atom is -0.493 e. The van der Waals surface area contributed by atoms with Crippen LogP contribution in [-0.2, 0) is 15.6 Å². The molecule has 0 aliphatic carbocycles. The Morgan fingerprint density at radius 3 is 2.44 bits per heavy atom. The average Bonchev–Trinajstić information content (AvgIpc) is 3.30. The van der Waals surface area contributed by atoms with Gasteiger partial charge in [-0.05, 0) is 43.4 Å². The molecule has 0 atom stereocenters. The zero-order chi connectivity index (χ0) is 24.6. The highest BCUT2D eigenvalue weighted by Gasteiger charge is 2.23. The van der Waals surface area contributed by atoms with Crippen LogP contribution in [0.15, 0.2) is 70.2 Å². The number of likely N-dealkylation sites (N-methyl/N-ethyl adjacent to an activating group) is 1. The molecule has 0 aliphatic rings. The van der Waals surface area contributed by atoms with Crippen LogP contribution in [0.3, 0.4) is 0 Å². The molecule has 3 rings (SSSR count). The first-order valence-corrected chi connectivity index (χ1v) is 12.7. The maximum Gasteiger partial charge on any atom is 0.291 e. The summed E-state index contributed by atoms with van der Waals surface area (Å²) in [6.45, 7) is 7.27. The summed E-state index contributed by atoms with van der Waals surface area (Å²) in [6.07, 6.45) is 1.31. The van der Waals surface area contributed by atoms with E-state index in [2.05, 4.69) is 24.1 Å². The largest absolute Gasteiger partial charge is 0.493 e. The summed E-state index contributed by atoms with van der Waals surface area (Å²) in [7, 11) is -2.08. The second-order valence-corrected chi connectivity index (χ2v) is 9.53. The Morgan fingerprint density at radius 2 is 1.76 bits per heavy atom. The predicted molar refractivity (Wildman–Crippen MR) is 130 cm³/mol. The summed E-state index contributed by atoms with van der Waals surface area (Å²) in [5.74, 6) is 0.0873. The molecule has 1 N–H and O–H groups in total. The first kappa shape index (κ1) is 25.3. The number of methoxy groups -OCH3 is 1. The molecule has 0 spiro atoms. The van der Waals surface area contributed by atoms with Gasteiger partial charge in [0.1, 0.15) is 6.61 Å². The molecule has 1 heterocycles. The third kappa shape index (κ3) is 6.39. The van der Waals surface area contributed by atoms with Crippen molar-refractivity contribution in [2.24, 2.45) is 0 Å². The average molecular weight is 487 g/mol. The van der Waals surface area contributed by atoms with E-state index in [1.54, 1.807) is 43.5 Å². The van der Waals surface area contributed by atoms with Crippen molar-refractivity contribution >= 4 is 21.4 Å². The maximum absolute atomic E-state index is 12.9. The van der Waals surface area contributed by atoms with Crippen molar-refractivity contribution in [3.63, 3.8) is 0 Å². The van der Waals surface area contributed by atoms with E-state index < -0.39 is 15.7 Å². The van der Waals surface area contributed by atoms with Gasteiger partial charge in [0.25, 0.3) is 5.91 Å². The highest BCUT2D eigenvalue weighted by atomic mass is 32.2. The molecule has 1 amide bonds. The van der Waals surface area contributed by atoms with Crippen LogP contribution in [0.4, 0.5) is 5.69 Å². The van der Waals surface area contributed by atoms with Gasteiger partial charge in [0, 0.05) is 23.9 Å². The standard InChI is InChI=1S/C25H30N2O6S/c1-4-27(5-2)14-16-32-23-17-20(11-12-22(23)31-3)26-25(28)24-19(13-15-33-24)18-34(29,30)21-9-7-6-8-10-21/h6-13,15,17H,4-5,14,16,18H2,1-3H3,(H,26,28). The Labute approximate surface area is 200 Å². The van der Waals surface area contributed by atoms with Crippen LogP contribution < -0.4 is 14.8 Å². The molecule has 182 valence electrons. The quantitative estimate of drug-likeness (QED) is 0.409. The lowest BCUT2D eigenvalue weighted by molar-refractivity contribution is 0.0995. The van der Waals surface area contributed by atoms with Crippen LogP contribution in [0, 0.1) is 0 Å². The molecule has 34 heavy (non-hydrogen) atoms. The molecule has 0 unspecified atom stereocenters. The number of carbonyl (C=O) groups excluding carboxylic acids is 1. The van der Waals surface area contributed by atoms with Gasteiger partial charge in [-0.15, -0.1) is 0 Å². The molecule has 0 fully saturated rings. The Balaban J connectivity index is 1.72. The summed E-state index contributed by atoms with van der Waals surface area (Å²) in [4.78, 5) is 15.3. The Hall–Kier alpha value is -3.30. The molecule has 9 heteroatoms. The number of rotatable bonds is 12. The number of amides is 1. The van der Waals surface area contributed by atoms with Crippen LogP contribution in [0.1, 0.15) is 30.0 Å². The Morgan fingerprint density at radius 1 is 1.03 bits per heavy atom. The molecule has 1 aromatic heterocycles. The number of carbonyl (C=O) groups is 1. The van der Waals surface area contributed by atoms with Gasteiger partial charge in [0.15, 0.2) is 27.1 Å². The van der Waals surface area contributed by atoms with Gasteiger partial charge in [-0.2, -0.15) is 0 Å². The second kappa shape index (κ2) is 11.7. The minimum atomic E-state index is -3.63. The van der Waals surface area contributed by atoms with Crippen molar-refractivity contribution in [1.82, 2.24) is 4.90 Å². The number of furan rings is 1. The molecule has 0 bridgehead atoms. The van der Waals surface area contributed by atoms with Gasteiger partial charge in [0.2, 0.25) is 0 Å². The number of hydrogen-bond donors (Lipinski definition) is 1. The normalized spacial score (nSPS) is 11.4. The molecular weight excluding hydrogens is 456 g/mol. The summed E-state index contributed by atoms with van der Waals surface area (Å²) in [6, 6.07) is 14.6. The van der Waals surface area contributed by atoms with Crippen molar-refractivity contribution < 1.29 is 27.1 Å². The number of sulfone groups is 1. The van der Waals surface area contributed by atoms with Crippen LogP contribution in [0.5, 0.6) is 11.5 Å². The number of ether oxygens (including phenoxy) is 2. The first-order chi connectivity index (χ1) is 16.4. The summed E-state index contributed by atoms with van der Waals surface area (Å²) in [5.41, 5.74) is 0.752. The van der Waals surface area contributed by atoms with E-state index in [1.165, 1.54) is 24.5 Å². The van der Waals surface area contributed by atoms with Crippen LogP contribution in [-0.4, -0.2) is 52.6 Å². The molecule has 0 radical (unpaired) electrons. The number of anilines is 1. The van der Waals surface area contributed by atoms with E-state index >= 15 is 0 Å². The minimum absolute atomic E-state index is 0.0562. The smallest absolute Gasteiger partial charge is 0.291 e. The zero-order valence-electron chi connectivity index (χ0n) is 19.6. The van der Waals surface area contributed by atoms with Crippen LogP contribution in [0.25, 0.3) is 0 Å². The SMILES string of the molecule is CCN(CC)CCOc1cc(NC(=O)c2occc2CS(=O)(=O)c2ccccc2)ccc1OC. The van der Waals surface area contributed by atoms with Gasteiger partial charge in [-0.25, -0.2) is 8.42 Å². The molecule has 0 saturated heterocycles. The van der Waals surface area contributed by atoms with Crippen LogP contribution in [0.2, 0.25) is 0 Å². The van der Waals surface area contributed by atoms with Gasteiger partial charge in [-0.1, -0.05) is 32.0 Å². The third-order valence-corrected chi connectivity index (χ3v) is 7.06. The van der Waals surface area contributed by atoms with Crippen molar-refractivity contribution in [3.05, 3.63) is 72.2 Å². The monoisotopic (exact) mass is 486 g/mol. The molecule has 2 aromatic carbocycles. The lowest BCUT2D eigenvalue weighted by atomic mass is 10.2. The zero-order valence-corrected chi connectivity index (χ0v) is 20.4. The molecule has 3 aromatic rings. The van der Waals surface area contributed by atoms with E-state index in [0.29, 0.717) is 23.8 Å². The van der Waals surface area contributed by atoms with E-state index in [9.17, 15) is 13.2 Å². The Kier molecular flexibility index (Phi) is 8.72. The first-order valence-electron chi connectivity index (χ1n) is 11.1. The summed E-state index contributed by atoms with van der Waals surface area (Å²) in [5, 5.41) is 2.75. The van der Waals surface area contributed by atoms with Crippen molar-refractivity contribution in [3.8, 4) is 11.5 Å². The van der Waals surface area contributed by atoms with E-state index in [1.807, 2.05) is 0 Å². The Bertz CT molecular complexity index is 1190.